The van der Waals surface area contributed by atoms with Gasteiger partial charge in [0.25, 0.3) is 0 Å². The lowest BCUT2D eigenvalue weighted by Gasteiger charge is -2.16. The summed E-state index contributed by atoms with van der Waals surface area (Å²) >= 11 is 3.12. The van der Waals surface area contributed by atoms with Gasteiger partial charge in [-0.3, -0.25) is 4.79 Å². The molecule has 0 aromatic heterocycles. The van der Waals surface area contributed by atoms with E-state index in [0.29, 0.717) is 18.6 Å². The number of anilines is 1. The third-order valence-electron chi connectivity index (χ3n) is 2.42. The first-order valence-corrected chi connectivity index (χ1v) is 5.52. The van der Waals surface area contributed by atoms with E-state index in [1.807, 2.05) is 0 Å². The number of rotatable bonds is 1. The third-order valence-corrected chi connectivity index (χ3v) is 3.27. The summed E-state index contributed by atoms with van der Waals surface area (Å²) in [5, 5.41) is 0. The van der Waals surface area contributed by atoms with E-state index in [-0.39, 0.29) is 23.0 Å². The second-order valence-corrected chi connectivity index (χ2v) is 4.57. The van der Waals surface area contributed by atoms with E-state index >= 15 is 0 Å². The van der Waals surface area contributed by atoms with Gasteiger partial charge in [0.1, 0.15) is 5.82 Å². The van der Waals surface area contributed by atoms with Gasteiger partial charge < -0.3 is 4.90 Å². The summed E-state index contributed by atoms with van der Waals surface area (Å²) in [4.78, 5) is 12.3. The second-order valence-electron chi connectivity index (χ2n) is 3.46. The minimum atomic E-state index is -1.26. The number of benzene rings is 1. The first-order chi connectivity index (χ1) is 7.50. The molecule has 1 unspecified atom stereocenters. The van der Waals surface area contributed by atoms with Crippen LogP contribution >= 0.6 is 15.9 Å². The Bertz CT molecular complexity index is 452. The molecule has 1 atom stereocenters. The molecule has 1 aromatic carbocycles. The molecule has 0 radical (unpaired) electrons. The first-order valence-electron chi connectivity index (χ1n) is 4.60. The molecular weight excluding hydrogens is 287 g/mol. The van der Waals surface area contributed by atoms with E-state index in [0.717, 1.165) is 4.90 Å². The smallest absolute Gasteiger partial charge is 0.240 e. The van der Waals surface area contributed by atoms with E-state index in [2.05, 4.69) is 15.9 Å². The fourth-order valence-electron chi connectivity index (χ4n) is 1.60. The van der Waals surface area contributed by atoms with Gasteiger partial charge in [0.15, 0.2) is 11.6 Å². The average Bonchev–Trinajstić information content (AvgIpc) is 2.54. The lowest BCUT2D eigenvalue weighted by Crippen LogP contribution is -2.28. The van der Waals surface area contributed by atoms with E-state index in [9.17, 15) is 18.0 Å². The molecule has 16 heavy (non-hydrogen) atoms. The second kappa shape index (κ2) is 4.08. The summed E-state index contributed by atoms with van der Waals surface area (Å²) in [6.45, 7) is 0.288. The minimum Gasteiger partial charge on any atom is -0.309 e. The molecule has 0 N–H and O–H groups in total. The van der Waals surface area contributed by atoms with Crippen LogP contribution in [-0.2, 0) is 4.79 Å². The van der Waals surface area contributed by atoms with Gasteiger partial charge in [0.05, 0.1) is 10.5 Å². The maximum absolute atomic E-state index is 13.4. The van der Waals surface area contributed by atoms with Gasteiger partial charge in [-0.15, -0.1) is 0 Å². The lowest BCUT2D eigenvalue weighted by molar-refractivity contribution is -0.116. The topological polar surface area (TPSA) is 20.3 Å². The molecule has 0 spiro atoms. The van der Waals surface area contributed by atoms with Gasteiger partial charge in [-0.2, -0.15) is 0 Å². The molecular formula is C10H7BrF3NO. The standard InChI is InChI=1S/C10H7BrF3NO/c11-5-1-2-15(10(5)16)9-4-7(13)6(12)3-8(9)14/h3-5H,1-2H2. The molecule has 1 aliphatic heterocycles. The summed E-state index contributed by atoms with van der Waals surface area (Å²) < 4.78 is 39.0. The van der Waals surface area contributed by atoms with Crippen LogP contribution < -0.4 is 4.90 Å². The molecule has 1 fully saturated rings. The van der Waals surface area contributed by atoms with Crippen LogP contribution in [0.25, 0.3) is 0 Å². The van der Waals surface area contributed by atoms with E-state index in [4.69, 9.17) is 0 Å². The zero-order chi connectivity index (χ0) is 11.9. The van der Waals surface area contributed by atoms with Crippen LogP contribution in [0.15, 0.2) is 12.1 Å². The highest BCUT2D eigenvalue weighted by Crippen LogP contribution is 2.29. The number of carbonyl (C=O) groups excluding carboxylic acids is 1. The van der Waals surface area contributed by atoms with Crippen LogP contribution in [0.4, 0.5) is 18.9 Å². The van der Waals surface area contributed by atoms with E-state index in [1.165, 1.54) is 0 Å². The molecule has 1 saturated heterocycles. The van der Waals surface area contributed by atoms with Crippen molar-refractivity contribution in [3.8, 4) is 0 Å². The van der Waals surface area contributed by atoms with Gasteiger partial charge in [-0.05, 0) is 6.42 Å². The van der Waals surface area contributed by atoms with Gasteiger partial charge >= 0.3 is 0 Å². The fourth-order valence-corrected chi connectivity index (χ4v) is 2.06. The number of hydrogen-bond acceptors (Lipinski definition) is 1. The van der Waals surface area contributed by atoms with E-state index in [1.54, 1.807) is 0 Å². The van der Waals surface area contributed by atoms with E-state index < -0.39 is 17.5 Å². The average molecular weight is 294 g/mol. The predicted octanol–water partition coefficient (Wildman–Crippen LogP) is 2.60. The number of hydrogen-bond donors (Lipinski definition) is 0. The SMILES string of the molecule is O=C1C(Br)CCN1c1cc(F)c(F)cc1F. The highest BCUT2D eigenvalue weighted by Gasteiger charge is 2.32. The quantitative estimate of drug-likeness (QED) is 0.576. The normalized spacial score (nSPS) is 20.6. The van der Waals surface area contributed by atoms with Crippen molar-refractivity contribution in [3.05, 3.63) is 29.6 Å². The maximum Gasteiger partial charge on any atom is 0.240 e. The summed E-state index contributed by atoms with van der Waals surface area (Å²) in [7, 11) is 0. The molecule has 0 bridgehead atoms. The minimum absolute atomic E-state index is 0.217. The van der Waals surface area contributed by atoms with Crippen molar-refractivity contribution in [3.63, 3.8) is 0 Å². The molecule has 2 nitrogen and oxygen atoms in total. The first kappa shape index (κ1) is 11.4. The summed E-state index contributed by atoms with van der Waals surface area (Å²) in [5.74, 6) is -3.70. The van der Waals surface area contributed by atoms with Crippen LogP contribution in [0, 0.1) is 17.5 Å². The molecule has 0 saturated carbocycles. The summed E-state index contributed by atoms with van der Waals surface area (Å²) in [6, 6.07) is 1.15. The number of nitrogens with zero attached hydrogens (tertiary/aromatic N) is 1. The molecule has 1 aliphatic rings. The van der Waals surface area contributed by atoms with Gasteiger partial charge in [0.2, 0.25) is 5.91 Å². The highest BCUT2D eigenvalue weighted by molar-refractivity contribution is 9.10. The van der Waals surface area contributed by atoms with Gasteiger partial charge in [0, 0.05) is 18.7 Å². The van der Waals surface area contributed by atoms with Crippen LogP contribution in [0.1, 0.15) is 6.42 Å². The van der Waals surface area contributed by atoms with Crippen molar-refractivity contribution in [2.45, 2.75) is 11.2 Å². The number of amides is 1. The molecule has 1 amide bonds. The Balaban J connectivity index is 2.41. The maximum atomic E-state index is 13.4. The Morgan fingerprint density at radius 1 is 1.19 bits per heavy atom. The van der Waals surface area contributed by atoms with Gasteiger partial charge in [-0.1, -0.05) is 15.9 Å². The largest absolute Gasteiger partial charge is 0.309 e. The molecule has 1 heterocycles. The molecule has 6 heteroatoms. The summed E-state index contributed by atoms with van der Waals surface area (Å²) in [5.41, 5.74) is -0.217. The Kier molecular flexibility index (Phi) is 2.92. The van der Waals surface area contributed by atoms with Gasteiger partial charge in [-0.25, -0.2) is 13.2 Å². The van der Waals surface area contributed by atoms with Crippen molar-refractivity contribution in [1.29, 1.82) is 0 Å². The van der Waals surface area contributed by atoms with Crippen molar-refractivity contribution >= 4 is 27.5 Å². The van der Waals surface area contributed by atoms with Crippen LogP contribution in [0.2, 0.25) is 0 Å². The highest BCUT2D eigenvalue weighted by atomic mass is 79.9. The van der Waals surface area contributed by atoms with Crippen molar-refractivity contribution in [1.82, 2.24) is 0 Å². The Labute approximate surface area is 98.2 Å². The monoisotopic (exact) mass is 293 g/mol. The third kappa shape index (κ3) is 1.81. The molecule has 0 aliphatic carbocycles. The zero-order valence-corrected chi connectivity index (χ0v) is 9.60. The number of carbonyl (C=O) groups is 1. The lowest BCUT2D eigenvalue weighted by atomic mass is 10.2. The Morgan fingerprint density at radius 2 is 1.81 bits per heavy atom. The van der Waals surface area contributed by atoms with Crippen LogP contribution in [0.3, 0.4) is 0 Å². The summed E-state index contributed by atoms with van der Waals surface area (Å²) in [6.07, 6.45) is 0.511. The number of halogens is 4. The van der Waals surface area contributed by atoms with Crippen molar-refractivity contribution in [2.75, 3.05) is 11.4 Å². The van der Waals surface area contributed by atoms with Crippen LogP contribution in [-0.4, -0.2) is 17.3 Å². The zero-order valence-electron chi connectivity index (χ0n) is 8.01. The van der Waals surface area contributed by atoms with Crippen molar-refractivity contribution < 1.29 is 18.0 Å². The van der Waals surface area contributed by atoms with Crippen LogP contribution in [0.5, 0.6) is 0 Å². The fraction of sp³-hybridized carbons (Fsp3) is 0.300. The number of alkyl halides is 1. The molecule has 1 aromatic rings. The Morgan fingerprint density at radius 3 is 2.38 bits per heavy atom. The van der Waals surface area contributed by atoms with Crippen molar-refractivity contribution in [2.24, 2.45) is 0 Å². The molecule has 2 rings (SSSR count). The Hall–Kier alpha value is -1.04. The molecule has 86 valence electrons. The predicted molar refractivity (Wildman–Crippen MR) is 56.0 cm³/mol.